The van der Waals surface area contributed by atoms with E-state index in [2.05, 4.69) is 20.8 Å². The lowest BCUT2D eigenvalue weighted by Gasteiger charge is -2.11. The molecule has 1 aromatic carbocycles. The average molecular weight is 278 g/mol. The van der Waals surface area contributed by atoms with Gasteiger partial charge in [0.05, 0.1) is 11.6 Å². The molecule has 0 bridgehead atoms. The lowest BCUT2D eigenvalue weighted by molar-refractivity contribution is 0.219. The molecule has 0 unspecified atom stereocenters. The summed E-state index contributed by atoms with van der Waals surface area (Å²) < 4.78 is 1.63. The van der Waals surface area contributed by atoms with E-state index in [1.54, 1.807) is 18.8 Å². The Morgan fingerprint density at radius 1 is 1.37 bits per heavy atom. The van der Waals surface area contributed by atoms with Gasteiger partial charge in [0.2, 0.25) is 5.16 Å². The van der Waals surface area contributed by atoms with E-state index in [0.717, 1.165) is 5.69 Å². The Hall–Kier alpha value is -2.09. The van der Waals surface area contributed by atoms with E-state index in [1.165, 1.54) is 16.7 Å². The summed E-state index contributed by atoms with van der Waals surface area (Å²) in [5.41, 5.74) is 0.883. The van der Waals surface area contributed by atoms with Crippen LogP contribution in [0.1, 0.15) is 0 Å². The Morgan fingerprint density at radius 2 is 2.11 bits per heavy atom. The molecule has 19 heavy (non-hydrogen) atoms. The number of urea groups is 1. The fourth-order valence-corrected chi connectivity index (χ4v) is 2.00. The standard InChI is InChI=1S/C11H14N6OS/c1-16(2)10(18)12-8-19-11-13-14-15-17(11)9-6-4-3-5-7-9/h3-7H,8H2,1-2H3,(H,12,18). The first-order valence-electron chi connectivity index (χ1n) is 5.60. The highest BCUT2D eigenvalue weighted by Crippen LogP contribution is 2.16. The molecule has 1 N–H and O–H groups in total. The number of para-hydroxylation sites is 1. The second-order valence-corrected chi connectivity index (χ2v) is 4.82. The van der Waals surface area contributed by atoms with Gasteiger partial charge in [-0.2, -0.15) is 4.68 Å². The first-order chi connectivity index (χ1) is 9.18. The number of benzene rings is 1. The van der Waals surface area contributed by atoms with Crippen LogP contribution in [-0.4, -0.2) is 51.1 Å². The van der Waals surface area contributed by atoms with Crippen molar-refractivity contribution in [1.82, 2.24) is 30.4 Å². The van der Waals surface area contributed by atoms with Crippen LogP contribution in [0.4, 0.5) is 4.79 Å². The van der Waals surface area contributed by atoms with Gasteiger partial charge in [-0.25, -0.2) is 4.79 Å². The zero-order valence-electron chi connectivity index (χ0n) is 10.6. The Kier molecular flexibility index (Phi) is 4.35. The van der Waals surface area contributed by atoms with Crippen LogP contribution in [0.25, 0.3) is 5.69 Å². The molecule has 0 fully saturated rings. The number of carbonyl (C=O) groups is 1. The van der Waals surface area contributed by atoms with Gasteiger partial charge in [0, 0.05) is 14.1 Å². The smallest absolute Gasteiger partial charge is 0.317 e. The Morgan fingerprint density at radius 3 is 2.79 bits per heavy atom. The summed E-state index contributed by atoms with van der Waals surface area (Å²) in [5.74, 6) is 0.407. The number of amides is 2. The third kappa shape index (κ3) is 3.44. The number of rotatable bonds is 4. The van der Waals surface area contributed by atoms with Gasteiger partial charge in [-0.3, -0.25) is 0 Å². The van der Waals surface area contributed by atoms with Gasteiger partial charge in [-0.1, -0.05) is 30.0 Å². The summed E-state index contributed by atoms with van der Waals surface area (Å²) in [6.07, 6.45) is 0. The zero-order valence-corrected chi connectivity index (χ0v) is 11.5. The molecule has 0 saturated carbocycles. The van der Waals surface area contributed by atoms with Crippen molar-refractivity contribution < 1.29 is 4.79 Å². The second kappa shape index (κ2) is 6.19. The number of aromatic nitrogens is 4. The number of nitrogens with one attached hydrogen (secondary N) is 1. The molecular formula is C11H14N6OS. The number of carbonyl (C=O) groups excluding carboxylic acids is 1. The summed E-state index contributed by atoms with van der Waals surface area (Å²) >= 11 is 1.36. The first-order valence-corrected chi connectivity index (χ1v) is 6.59. The largest absolute Gasteiger partial charge is 0.331 e. The number of hydrogen-bond acceptors (Lipinski definition) is 5. The highest BCUT2D eigenvalue weighted by atomic mass is 32.2. The summed E-state index contributed by atoms with van der Waals surface area (Å²) in [5, 5.41) is 14.9. The van der Waals surface area contributed by atoms with Gasteiger partial charge in [0.25, 0.3) is 0 Å². The molecule has 0 radical (unpaired) electrons. The van der Waals surface area contributed by atoms with Gasteiger partial charge < -0.3 is 10.2 Å². The summed E-state index contributed by atoms with van der Waals surface area (Å²) in [4.78, 5) is 12.8. The van der Waals surface area contributed by atoms with Gasteiger partial charge >= 0.3 is 6.03 Å². The normalized spacial score (nSPS) is 10.2. The van der Waals surface area contributed by atoms with Crippen molar-refractivity contribution in [2.24, 2.45) is 0 Å². The fraction of sp³-hybridized carbons (Fsp3) is 0.273. The minimum absolute atomic E-state index is 0.147. The van der Waals surface area contributed by atoms with E-state index in [4.69, 9.17) is 0 Å². The maximum atomic E-state index is 11.4. The molecule has 0 atom stereocenters. The Balaban J connectivity index is 1.99. The molecule has 2 amide bonds. The Bertz CT molecular complexity index is 541. The van der Waals surface area contributed by atoms with Crippen LogP contribution < -0.4 is 5.32 Å². The minimum atomic E-state index is -0.147. The number of thioether (sulfide) groups is 1. The average Bonchev–Trinajstić information content (AvgIpc) is 2.88. The van der Waals surface area contributed by atoms with Crippen molar-refractivity contribution in [3.05, 3.63) is 30.3 Å². The molecule has 0 spiro atoms. The van der Waals surface area contributed by atoms with E-state index in [0.29, 0.717) is 11.0 Å². The van der Waals surface area contributed by atoms with E-state index in [-0.39, 0.29) is 6.03 Å². The van der Waals surface area contributed by atoms with Crippen LogP contribution in [0.15, 0.2) is 35.5 Å². The molecule has 2 aromatic rings. The molecule has 100 valence electrons. The maximum Gasteiger partial charge on any atom is 0.317 e. The van der Waals surface area contributed by atoms with Crippen LogP contribution in [0.2, 0.25) is 0 Å². The van der Waals surface area contributed by atoms with E-state index in [9.17, 15) is 4.79 Å². The van der Waals surface area contributed by atoms with Crippen LogP contribution >= 0.6 is 11.8 Å². The molecule has 8 heteroatoms. The molecule has 0 aliphatic heterocycles. The highest BCUT2D eigenvalue weighted by Gasteiger charge is 2.09. The summed E-state index contributed by atoms with van der Waals surface area (Å²) in [7, 11) is 3.38. The third-order valence-electron chi connectivity index (χ3n) is 2.27. The fourth-order valence-electron chi connectivity index (χ4n) is 1.32. The summed E-state index contributed by atoms with van der Waals surface area (Å²) in [6.45, 7) is 0. The number of tetrazole rings is 1. The molecule has 0 saturated heterocycles. The number of nitrogens with zero attached hydrogens (tertiary/aromatic N) is 5. The zero-order chi connectivity index (χ0) is 13.7. The molecule has 1 heterocycles. The van der Waals surface area contributed by atoms with Gasteiger partial charge in [0.1, 0.15) is 0 Å². The molecule has 7 nitrogen and oxygen atoms in total. The molecule has 0 aliphatic rings. The summed E-state index contributed by atoms with van der Waals surface area (Å²) in [6, 6.07) is 9.44. The van der Waals surface area contributed by atoms with Gasteiger partial charge in [-0.15, -0.1) is 5.10 Å². The predicted octanol–water partition coefficient (Wildman–Crippen LogP) is 0.983. The SMILES string of the molecule is CN(C)C(=O)NCSc1nnnn1-c1ccccc1. The lowest BCUT2D eigenvalue weighted by Crippen LogP contribution is -2.34. The van der Waals surface area contributed by atoms with Crippen molar-refractivity contribution in [3.8, 4) is 5.69 Å². The van der Waals surface area contributed by atoms with Crippen molar-refractivity contribution in [2.45, 2.75) is 5.16 Å². The van der Waals surface area contributed by atoms with E-state index < -0.39 is 0 Å². The Labute approximate surface area is 115 Å². The van der Waals surface area contributed by atoms with Crippen LogP contribution in [0.3, 0.4) is 0 Å². The van der Waals surface area contributed by atoms with Crippen LogP contribution in [0.5, 0.6) is 0 Å². The molecule has 0 aliphatic carbocycles. The van der Waals surface area contributed by atoms with Crippen LogP contribution in [0, 0.1) is 0 Å². The minimum Gasteiger partial charge on any atom is -0.331 e. The highest BCUT2D eigenvalue weighted by molar-refractivity contribution is 7.99. The maximum absolute atomic E-state index is 11.4. The quantitative estimate of drug-likeness (QED) is 0.666. The van der Waals surface area contributed by atoms with Gasteiger partial charge in [-0.05, 0) is 22.6 Å². The van der Waals surface area contributed by atoms with Crippen LogP contribution in [-0.2, 0) is 0 Å². The topological polar surface area (TPSA) is 75.9 Å². The number of hydrogen-bond donors (Lipinski definition) is 1. The van der Waals surface area contributed by atoms with Gasteiger partial charge in [0.15, 0.2) is 0 Å². The first kappa shape index (κ1) is 13.3. The van der Waals surface area contributed by atoms with Crippen molar-refractivity contribution in [3.63, 3.8) is 0 Å². The molecule has 2 rings (SSSR count). The van der Waals surface area contributed by atoms with Crippen molar-refractivity contribution in [1.29, 1.82) is 0 Å². The lowest BCUT2D eigenvalue weighted by atomic mass is 10.3. The third-order valence-corrected chi connectivity index (χ3v) is 3.07. The van der Waals surface area contributed by atoms with E-state index >= 15 is 0 Å². The second-order valence-electron chi connectivity index (χ2n) is 3.87. The molecular weight excluding hydrogens is 264 g/mol. The van der Waals surface area contributed by atoms with E-state index in [1.807, 2.05) is 30.3 Å². The van der Waals surface area contributed by atoms with Crippen molar-refractivity contribution >= 4 is 17.8 Å². The monoisotopic (exact) mass is 278 g/mol. The predicted molar refractivity (Wildman–Crippen MR) is 72.1 cm³/mol. The molecule has 1 aromatic heterocycles. The van der Waals surface area contributed by atoms with Crippen molar-refractivity contribution in [2.75, 3.05) is 20.0 Å².